The Morgan fingerprint density at radius 3 is 1.96 bits per heavy atom. The average molecular weight is 357 g/mol. The Labute approximate surface area is 149 Å². The van der Waals surface area contributed by atoms with E-state index in [0.29, 0.717) is 10.5 Å². The third kappa shape index (κ3) is 8.38. The molecule has 0 heterocycles. The van der Waals surface area contributed by atoms with E-state index in [1.807, 2.05) is 39.8 Å². The van der Waals surface area contributed by atoms with Crippen molar-refractivity contribution in [2.24, 2.45) is 0 Å². The van der Waals surface area contributed by atoms with Gasteiger partial charge in [0.2, 0.25) is 0 Å². The SMILES string of the molecule is CC(C)OC(CCCCCCc1ccc(F)cc1)(O[SiH3])OC(C)C. The van der Waals surface area contributed by atoms with Gasteiger partial charge in [0.15, 0.2) is 10.5 Å². The Balaban J connectivity index is 2.32. The van der Waals surface area contributed by atoms with Gasteiger partial charge in [-0.3, -0.25) is 0 Å². The molecule has 1 rings (SSSR count). The van der Waals surface area contributed by atoms with Crippen molar-refractivity contribution >= 4 is 10.5 Å². The van der Waals surface area contributed by atoms with Gasteiger partial charge in [0, 0.05) is 6.42 Å². The van der Waals surface area contributed by atoms with E-state index in [2.05, 4.69) is 0 Å². The maximum atomic E-state index is 12.9. The van der Waals surface area contributed by atoms with E-state index in [-0.39, 0.29) is 18.0 Å². The Morgan fingerprint density at radius 1 is 0.917 bits per heavy atom. The van der Waals surface area contributed by atoms with E-state index in [1.54, 1.807) is 0 Å². The first-order chi connectivity index (χ1) is 11.4. The van der Waals surface area contributed by atoms with Gasteiger partial charge in [0.05, 0.1) is 12.2 Å². The quantitative estimate of drug-likeness (QED) is 0.320. The van der Waals surface area contributed by atoms with Crippen LogP contribution in [0.25, 0.3) is 0 Å². The molecule has 0 aromatic heterocycles. The predicted octanol–water partition coefficient (Wildman–Crippen LogP) is 4.12. The van der Waals surface area contributed by atoms with E-state index < -0.39 is 5.97 Å². The number of ether oxygens (including phenoxy) is 2. The van der Waals surface area contributed by atoms with Crippen molar-refractivity contribution in [3.63, 3.8) is 0 Å². The highest BCUT2D eigenvalue weighted by atomic mass is 28.2. The molecule has 0 saturated carbocycles. The molecule has 0 aliphatic heterocycles. The standard InChI is InChI=1S/C19H33FO3Si/c1-15(2)21-19(23-24,22-16(3)4)14-8-6-5-7-9-17-10-12-18(20)13-11-17/h10-13,15-16H,5-9,14H2,1-4,24H3. The third-order valence-corrected chi connectivity index (χ3v) is 4.38. The summed E-state index contributed by atoms with van der Waals surface area (Å²) in [5.74, 6) is -1.06. The summed E-state index contributed by atoms with van der Waals surface area (Å²) in [4.78, 5) is 0. The maximum absolute atomic E-state index is 12.9. The van der Waals surface area contributed by atoms with Crippen molar-refractivity contribution < 1.29 is 18.3 Å². The minimum atomic E-state index is -0.883. The van der Waals surface area contributed by atoms with Crippen LogP contribution in [0.15, 0.2) is 24.3 Å². The van der Waals surface area contributed by atoms with Crippen LogP contribution in [0, 0.1) is 5.82 Å². The van der Waals surface area contributed by atoms with E-state index in [9.17, 15) is 4.39 Å². The van der Waals surface area contributed by atoms with Crippen molar-refractivity contribution in [2.45, 2.75) is 84.4 Å². The monoisotopic (exact) mass is 356 g/mol. The van der Waals surface area contributed by atoms with Crippen LogP contribution in [-0.4, -0.2) is 28.7 Å². The van der Waals surface area contributed by atoms with E-state index in [0.717, 1.165) is 38.5 Å². The molecule has 0 radical (unpaired) electrons. The molecular weight excluding hydrogens is 323 g/mol. The minimum absolute atomic E-state index is 0.0659. The average Bonchev–Trinajstić information content (AvgIpc) is 2.51. The molecule has 0 saturated heterocycles. The molecule has 0 spiro atoms. The second kappa shape index (κ2) is 11.0. The second-order valence-corrected chi connectivity index (χ2v) is 7.17. The van der Waals surface area contributed by atoms with E-state index >= 15 is 0 Å². The Hall–Kier alpha value is -0.753. The number of unbranched alkanes of at least 4 members (excludes halogenated alkanes) is 3. The topological polar surface area (TPSA) is 27.7 Å². The van der Waals surface area contributed by atoms with Crippen LogP contribution in [0.3, 0.4) is 0 Å². The Morgan fingerprint density at radius 2 is 1.46 bits per heavy atom. The molecule has 5 heteroatoms. The molecule has 0 unspecified atom stereocenters. The maximum Gasteiger partial charge on any atom is 0.273 e. The Kier molecular flexibility index (Phi) is 9.74. The first-order valence-corrected chi connectivity index (χ1v) is 9.84. The van der Waals surface area contributed by atoms with Gasteiger partial charge >= 0.3 is 0 Å². The van der Waals surface area contributed by atoms with Gasteiger partial charge in [-0.2, -0.15) is 0 Å². The molecule has 0 amide bonds. The minimum Gasteiger partial charge on any atom is -0.380 e. The van der Waals surface area contributed by atoms with E-state index in [1.165, 1.54) is 17.7 Å². The summed E-state index contributed by atoms with van der Waals surface area (Å²) in [7, 11) is 0.579. The molecule has 3 nitrogen and oxygen atoms in total. The van der Waals surface area contributed by atoms with Crippen LogP contribution in [-0.2, 0) is 20.3 Å². The summed E-state index contributed by atoms with van der Waals surface area (Å²) in [5.41, 5.74) is 1.19. The molecule has 0 aliphatic rings. The lowest BCUT2D eigenvalue weighted by Gasteiger charge is -2.36. The fourth-order valence-electron chi connectivity index (χ4n) is 2.74. The predicted molar refractivity (Wildman–Crippen MR) is 99.4 cm³/mol. The molecule has 0 fully saturated rings. The number of halogens is 1. The molecule has 1 aromatic rings. The highest BCUT2D eigenvalue weighted by Gasteiger charge is 2.33. The molecule has 0 N–H and O–H groups in total. The number of rotatable bonds is 12. The molecule has 0 aliphatic carbocycles. The van der Waals surface area contributed by atoms with Crippen molar-refractivity contribution in [1.82, 2.24) is 0 Å². The third-order valence-electron chi connectivity index (χ3n) is 3.75. The van der Waals surface area contributed by atoms with Crippen molar-refractivity contribution in [1.29, 1.82) is 0 Å². The number of benzene rings is 1. The fraction of sp³-hybridized carbons (Fsp3) is 0.684. The summed E-state index contributed by atoms with van der Waals surface area (Å²) < 4.78 is 30.5. The van der Waals surface area contributed by atoms with E-state index in [4.69, 9.17) is 13.9 Å². The number of hydrogen-bond donors (Lipinski definition) is 0. The van der Waals surface area contributed by atoms with Gasteiger partial charge in [-0.1, -0.05) is 25.0 Å². The lowest BCUT2D eigenvalue weighted by Crippen LogP contribution is -2.42. The lowest BCUT2D eigenvalue weighted by molar-refractivity contribution is -0.369. The van der Waals surface area contributed by atoms with Crippen molar-refractivity contribution in [3.05, 3.63) is 35.6 Å². The van der Waals surface area contributed by atoms with Gasteiger partial charge < -0.3 is 13.9 Å². The van der Waals surface area contributed by atoms with Crippen LogP contribution in [0.2, 0.25) is 0 Å². The van der Waals surface area contributed by atoms with Gasteiger partial charge in [-0.15, -0.1) is 0 Å². The van der Waals surface area contributed by atoms with Gasteiger partial charge in [0.25, 0.3) is 5.97 Å². The summed E-state index contributed by atoms with van der Waals surface area (Å²) in [5, 5.41) is 0. The normalized spacial score (nSPS) is 12.5. The highest BCUT2D eigenvalue weighted by Crippen LogP contribution is 2.26. The zero-order valence-electron chi connectivity index (χ0n) is 15.8. The van der Waals surface area contributed by atoms with Crippen LogP contribution in [0.5, 0.6) is 0 Å². The molecule has 138 valence electrons. The smallest absolute Gasteiger partial charge is 0.273 e. The largest absolute Gasteiger partial charge is 0.380 e. The number of aryl methyl sites for hydroxylation is 1. The van der Waals surface area contributed by atoms with Crippen LogP contribution in [0.4, 0.5) is 4.39 Å². The molecule has 1 aromatic carbocycles. The second-order valence-electron chi connectivity index (χ2n) is 6.76. The van der Waals surface area contributed by atoms with Crippen molar-refractivity contribution in [3.8, 4) is 0 Å². The fourth-order valence-corrected chi connectivity index (χ4v) is 3.13. The van der Waals surface area contributed by atoms with Gasteiger partial charge in [0.1, 0.15) is 5.82 Å². The molecule has 24 heavy (non-hydrogen) atoms. The van der Waals surface area contributed by atoms with Gasteiger partial charge in [-0.05, 0) is 64.7 Å². The molecule has 0 bridgehead atoms. The Bertz CT molecular complexity index is 438. The first-order valence-electron chi connectivity index (χ1n) is 9.02. The molecular formula is C19H33FO3Si. The van der Waals surface area contributed by atoms with Crippen LogP contribution >= 0.6 is 0 Å². The lowest BCUT2D eigenvalue weighted by atomic mass is 10.0. The first kappa shape index (κ1) is 21.3. The zero-order chi connectivity index (χ0) is 18.0. The molecule has 0 atom stereocenters. The van der Waals surface area contributed by atoms with Gasteiger partial charge in [-0.25, -0.2) is 4.39 Å². The number of hydrogen-bond acceptors (Lipinski definition) is 3. The zero-order valence-corrected chi connectivity index (χ0v) is 17.8. The highest BCUT2D eigenvalue weighted by molar-refractivity contribution is 5.98. The van der Waals surface area contributed by atoms with Crippen LogP contribution in [0.1, 0.15) is 65.4 Å². The summed E-state index contributed by atoms with van der Waals surface area (Å²) in [6.07, 6.45) is 6.24. The van der Waals surface area contributed by atoms with Crippen molar-refractivity contribution in [2.75, 3.05) is 0 Å². The summed E-state index contributed by atoms with van der Waals surface area (Å²) in [6, 6.07) is 6.78. The summed E-state index contributed by atoms with van der Waals surface area (Å²) >= 11 is 0. The van der Waals surface area contributed by atoms with Crippen LogP contribution < -0.4 is 0 Å². The summed E-state index contributed by atoms with van der Waals surface area (Å²) in [6.45, 7) is 8.01.